The Bertz CT molecular complexity index is 277. The zero-order chi connectivity index (χ0) is 11.3. The summed E-state index contributed by atoms with van der Waals surface area (Å²) >= 11 is 0. The first-order valence-corrected chi connectivity index (χ1v) is 5.87. The van der Waals surface area contributed by atoms with Gasteiger partial charge in [0.1, 0.15) is 6.04 Å². The predicted octanol–water partition coefficient (Wildman–Crippen LogP) is 2.00. The molecule has 0 saturated heterocycles. The Morgan fingerprint density at radius 2 is 2.00 bits per heavy atom. The van der Waals surface area contributed by atoms with Crippen molar-refractivity contribution in [3.8, 4) is 0 Å². The molecule has 0 aromatic carbocycles. The normalized spacial score (nSPS) is 39.3. The summed E-state index contributed by atoms with van der Waals surface area (Å²) < 4.78 is 0. The molecule has 3 nitrogen and oxygen atoms in total. The minimum Gasteiger partial charge on any atom is -0.480 e. The molecule has 2 bridgehead atoms. The van der Waals surface area contributed by atoms with Crippen molar-refractivity contribution < 1.29 is 9.90 Å². The Kier molecular flexibility index (Phi) is 2.34. The molecule has 2 saturated carbocycles. The van der Waals surface area contributed by atoms with Crippen LogP contribution in [0.15, 0.2) is 0 Å². The second-order valence-electron chi connectivity index (χ2n) is 5.93. The second kappa shape index (κ2) is 3.21. The van der Waals surface area contributed by atoms with Gasteiger partial charge in [0.25, 0.3) is 0 Å². The molecule has 3 N–H and O–H groups in total. The third-order valence-corrected chi connectivity index (χ3v) is 5.26. The molecule has 1 atom stereocenters. The third kappa shape index (κ3) is 1.40. The summed E-state index contributed by atoms with van der Waals surface area (Å²) in [5, 5.41) is 8.91. The number of fused-ring (bicyclic) bond motifs is 2. The molecule has 0 unspecified atom stereocenters. The number of carboxylic acid groups (broad SMARTS) is 1. The summed E-state index contributed by atoms with van der Waals surface area (Å²) in [6.45, 7) is 4.60. The predicted molar refractivity (Wildman–Crippen MR) is 58.4 cm³/mol. The quantitative estimate of drug-likeness (QED) is 0.750. The second-order valence-corrected chi connectivity index (χ2v) is 5.93. The number of carbonyl (C=O) groups is 1. The molecule has 0 amide bonds. The van der Waals surface area contributed by atoms with Gasteiger partial charge in [0.05, 0.1) is 0 Å². The van der Waals surface area contributed by atoms with Gasteiger partial charge in [-0.3, -0.25) is 4.79 Å². The van der Waals surface area contributed by atoms with Gasteiger partial charge in [-0.05, 0) is 48.9 Å². The molecular formula is C12H21NO2. The van der Waals surface area contributed by atoms with E-state index in [4.69, 9.17) is 10.8 Å². The first kappa shape index (κ1) is 10.9. The van der Waals surface area contributed by atoms with Crippen LogP contribution < -0.4 is 5.73 Å². The van der Waals surface area contributed by atoms with E-state index in [0.717, 1.165) is 5.92 Å². The molecule has 86 valence electrons. The Morgan fingerprint density at radius 1 is 1.47 bits per heavy atom. The van der Waals surface area contributed by atoms with Crippen LogP contribution in [-0.4, -0.2) is 17.1 Å². The van der Waals surface area contributed by atoms with Crippen LogP contribution in [0, 0.1) is 16.7 Å². The maximum atomic E-state index is 10.8. The van der Waals surface area contributed by atoms with Gasteiger partial charge in [-0.2, -0.15) is 0 Å². The van der Waals surface area contributed by atoms with Gasteiger partial charge in [0.15, 0.2) is 0 Å². The number of hydrogen-bond acceptors (Lipinski definition) is 2. The van der Waals surface area contributed by atoms with Crippen molar-refractivity contribution in [3.63, 3.8) is 0 Å². The third-order valence-electron chi connectivity index (χ3n) is 5.26. The van der Waals surface area contributed by atoms with E-state index in [1.54, 1.807) is 0 Å². The van der Waals surface area contributed by atoms with Crippen molar-refractivity contribution in [2.75, 3.05) is 0 Å². The van der Waals surface area contributed by atoms with Crippen LogP contribution in [0.1, 0.15) is 46.0 Å². The van der Waals surface area contributed by atoms with E-state index < -0.39 is 12.0 Å². The number of rotatable bonds is 3. The fourth-order valence-electron chi connectivity index (χ4n) is 3.94. The first-order chi connectivity index (χ1) is 6.89. The van der Waals surface area contributed by atoms with E-state index in [9.17, 15) is 4.79 Å². The van der Waals surface area contributed by atoms with E-state index in [0.29, 0.717) is 11.8 Å². The lowest BCUT2D eigenvalue weighted by molar-refractivity contribution is -0.139. The van der Waals surface area contributed by atoms with Crippen LogP contribution >= 0.6 is 0 Å². The van der Waals surface area contributed by atoms with Gasteiger partial charge >= 0.3 is 5.97 Å². The van der Waals surface area contributed by atoms with Crippen LogP contribution in [0.4, 0.5) is 0 Å². The largest absolute Gasteiger partial charge is 0.480 e. The van der Waals surface area contributed by atoms with Crippen molar-refractivity contribution in [2.24, 2.45) is 22.5 Å². The molecular weight excluding hydrogens is 190 g/mol. The van der Waals surface area contributed by atoms with Crippen molar-refractivity contribution in [2.45, 2.75) is 52.0 Å². The van der Waals surface area contributed by atoms with E-state index in [-0.39, 0.29) is 5.41 Å². The zero-order valence-electron chi connectivity index (χ0n) is 9.62. The van der Waals surface area contributed by atoms with Crippen molar-refractivity contribution in [1.82, 2.24) is 0 Å². The molecule has 2 aliphatic carbocycles. The maximum absolute atomic E-state index is 10.8. The van der Waals surface area contributed by atoms with Crippen molar-refractivity contribution in [1.29, 1.82) is 0 Å². The topological polar surface area (TPSA) is 63.3 Å². The van der Waals surface area contributed by atoms with Gasteiger partial charge in [-0.1, -0.05) is 13.8 Å². The Labute approximate surface area is 91.0 Å². The summed E-state index contributed by atoms with van der Waals surface area (Å²) in [4.78, 5) is 10.8. The van der Waals surface area contributed by atoms with E-state index in [1.165, 1.54) is 25.7 Å². The number of hydrogen-bond donors (Lipinski definition) is 2. The molecule has 2 aliphatic rings. The molecule has 0 aromatic rings. The lowest BCUT2D eigenvalue weighted by Gasteiger charge is -2.39. The van der Waals surface area contributed by atoms with Gasteiger partial charge < -0.3 is 10.8 Å². The summed E-state index contributed by atoms with van der Waals surface area (Å²) in [7, 11) is 0. The van der Waals surface area contributed by atoms with Gasteiger partial charge in [-0.25, -0.2) is 0 Å². The number of nitrogens with two attached hydrogens (primary N) is 1. The minimum absolute atomic E-state index is 0.204. The SMILES string of the molecule is CC1(C)C2CCC1(C[C@H](N)C(=O)O)CC2. The summed E-state index contributed by atoms with van der Waals surface area (Å²) in [5.74, 6) is -0.0611. The molecule has 3 heteroatoms. The van der Waals surface area contributed by atoms with Crippen LogP contribution in [0.2, 0.25) is 0 Å². The van der Waals surface area contributed by atoms with Crippen LogP contribution in [0.3, 0.4) is 0 Å². The monoisotopic (exact) mass is 211 g/mol. The highest BCUT2D eigenvalue weighted by molar-refractivity contribution is 5.73. The molecule has 2 rings (SSSR count). The first-order valence-electron chi connectivity index (χ1n) is 5.87. The van der Waals surface area contributed by atoms with Crippen LogP contribution in [0.25, 0.3) is 0 Å². The smallest absolute Gasteiger partial charge is 0.320 e. The number of aliphatic carboxylic acids is 1. The maximum Gasteiger partial charge on any atom is 0.320 e. The van der Waals surface area contributed by atoms with E-state index >= 15 is 0 Å². The molecule has 0 heterocycles. The standard InChI is InChI=1S/C12H21NO2/c1-11(2)8-3-5-12(11,6-4-8)7-9(13)10(14)15/h8-9H,3-7,13H2,1-2H3,(H,14,15)/t8?,9-,12?/m0/s1. The molecule has 0 aliphatic heterocycles. The molecule has 0 spiro atoms. The summed E-state index contributed by atoms with van der Waals surface area (Å²) in [6.07, 6.45) is 5.53. The highest BCUT2D eigenvalue weighted by Crippen LogP contribution is 2.67. The molecule has 2 fully saturated rings. The van der Waals surface area contributed by atoms with E-state index in [2.05, 4.69) is 13.8 Å². The fraction of sp³-hybridized carbons (Fsp3) is 0.917. The fourth-order valence-corrected chi connectivity index (χ4v) is 3.94. The average molecular weight is 211 g/mol. The highest BCUT2D eigenvalue weighted by atomic mass is 16.4. The number of carboxylic acids is 1. The van der Waals surface area contributed by atoms with E-state index in [1.807, 2.05) is 0 Å². The van der Waals surface area contributed by atoms with Crippen molar-refractivity contribution in [3.05, 3.63) is 0 Å². The average Bonchev–Trinajstić information content (AvgIpc) is 2.52. The van der Waals surface area contributed by atoms with Gasteiger partial charge in [-0.15, -0.1) is 0 Å². The molecule has 0 radical (unpaired) electrons. The van der Waals surface area contributed by atoms with Crippen molar-refractivity contribution >= 4 is 5.97 Å². The van der Waals surface area contributed by atoms with Crippen LogP contribution in [0.5, 0.6) is 0 Å². The molecule has 15 heavy (non-hydrogen) atoms. The Balaban J connectivity index is 2.17. The lowest BCUT2D eigenvalue weighted by atomic mass is 9.66. The van der Waals surface area contributed by atoms with Gasteiger partial charge in [0, 0.05) is 0 Å². The minimum atomic E-state index is -0.851. The zero-order valence-corrected chi connectivity index (χ0v) is 9.62. The Morgan fingerprint density at radius 3 is 2.33 bits per heavy atom. The lowest BCUT2D eigenvalue weighted by Crippen LogP contribution is -2.40. The molecule has 0 aromatic heterocycles. The van der Waals surface area contributed by atoms with Gasteiger partial charge in [0.2, 0.25) is 0 Å². The highest BCUT2D eigenvalue weighted by Gasteiger charge is 2.59. The summed E-state index contributed by atoms with van der Waals surface area (Å²) in [5.41, 5.74) is 6.19. The summed E-state index contributed by atoms with van der Waals surface area (Å²) in [6, 6.07) is -0.680. The van der Waals surface area contributed by atoms with Crippen LogP contribution in [-0.2, 0) is 4.79 Å². The Hall–Kier alpha value is -0.570.